The molecule has 5 aromatic carbocycles. The van der Waals surface area contributed by atoms with E-state index in [1.165, 1.54) is 48.5 Å². The molecule has 11 nitrogen and oxygen atoms in total. The van der Waals surface area contributed by atoms with Crippen molar-refractivity contribution in [3.8, 4) is 0 Å². The van der Waals surface area contributed by atoms with Gasteiger partial charge in [0.25, 0.3) is 0 Å². The number of hydrogen-bond donors (Lipinski definition) is 0. The van der Waals surface area contributed by atoms with Crippen molar-refractivity contribution in [2.24, 2.45) is 0 Å². The monoisotopic (exact) mass is 700 g/mol. The van der Waals surface area contributed by atoms with Crippen LogP contribution in [-0.2, 0) is 28.4 Å². The third-order valence-corrected chi connectivity index (χ3v) is 7.97. The molecule has 1 fully saturated rings. The number of rotatable bonds is 11. The van der Waals surface area contributed by atoms with Crippen molar-refractivity contribution in [2.75, 3.05) is 6.61 Å². The van der Waals surface area contributed by atoms with Crippen LogP contribution in [0.4, 0.5) is 0 Å². The number of carbonyl (C=O) groups excluding carboxylic acids is 5. The molecule has 1 aliphatic rings. The zero-order valence-electron chi connectivity index (χ0n) is 27.5. The SMILES string of the molecule is O=C(OC[C@@H]1O[C@@H](OC(=O)c2ccccc2)[C@@H](OC(=O)c2ccccc2)[C@@H](OC(=O)c2ccccc2)[C@@H]1OC(=O)c1ccccc1)c1ccccc1. The number of esters is 5. The minimum atomic E-state index is -1.75. The summed E-state index contributed by atoms with van der Waals surface area (Å²) < 4.78 is 35.5. The summed E-state index contributed by atoms with van der Waals surface area (Å²) in [5, 5.41) is 0. The van der Waals surface area contributed by atoms with Gasteiger partial charge >= 0.3 is 29.8 Å². The predicted octanol–water partition coefficient (Wildman–Crippen LogP) is 6.10. The lowest BCUT2D eigenvalue weighted by Gasteiger charge is -2.43. The van der Waals surface area contributed by atoms with Gasteiger partial charge in [-0.2, -0.15) is 0 Å². The molecule has 6 rings (SSSR count). The van der Waals surface area contributed by atoms with Crippen LogP contribution in [0, 0.1) is 0 Å². The molecule has 1 aliphatic heterocycles. The van der Waals surface area contributed by atoms with Gasteiger partial charge in [-0.1, -0.05) is 91.0 Å². The Hall–Kier alpha value is -6.59. The van der Waals surface area contributed by atoms with Gasteiger partial charge in [0.15, 0.2) is 12.2 Å². The lowest BCUT2D eigenvalue weighted by molar-refractivity contribution is -0.282. The van der Waals surface area contributed by atoms with Gasteiger partial charge in [-0.05, 0) is 60.7 Å². The van der Waals surface area contributed by atoms with Crippen molar-refractivity contribution < 1.29 is 52.4 Å². The van der Waals surface area contributed by atoms with Gasteiger partial charge in [-0.15, -0.1) is 0 Å². The Balaban J connectivity index is 1.41. The predicted molar refractivity (Wildman–Crippen MR) is 184 cm³/mol. The van der Waals surface area contributed by atoms with Crippen molar-refractivity contribution in [1.82, 2.24) is 0 Å². The molecule has 0 amide bonds. The van der Waals surface area contributed by atoms with Crippen LogP contribution in [0.2, 0.25) is 0 Å². The molecule has 1 saturated heterocycles. The van der Waals surface area contributed by atoms with E-state index in [1.807, 2.05) is 0 Å². The Morgan fingerprint density at radius 1 is 0.385 bits per heavy atom. The van der Waals surface area contributed by atoms with E-state index in [0.29, 0.717) is 0 Å². The second-order valence-corrected chi connectivity index (χ2v) is 11.5. The molecular formula is C41H32O11. The summed E-state index contributed by atoms with van der Waals surface area (Å²) in [4.78, 5) is 67.4. The van der Waals surface area contributed by atoms with Crippen molar-refractivity contribution in [3.05, 3.63) is 179 Å². The zero-order chi connectivity index (χ0) is 36.3. The van der Waals surface area contributed by atoms with Crippen LogP contribution in [-0.4, -0.2) is 67.2 Å². The first-order valence-corrected chi connectivity index (χ1v) is 16.3. The summed E-state index contributed by atoms with van der Waals surface area (Å²) in [6.07, 6.45) is -8.07. The fraction of sp³-hybridized carbons (Fsp3) is 0.146. The Morgan fingerprint density at radius 2 is 0.692 bits per heavy atom. The van der Waals surface area contributed by atoms with Crippen LogP contribution in [0.1, 0.15) is 51.8 Å². The molecule has 0 spiro atoms. The highest BCUT2D eigenvalue weighted by Crippen LogP contribution is 2.32. The fourth-order valence-corrected chi connectivity index (χ4v) is 5.37. The Labute approximate surface area is 298 Å². The average molecular weight is 701 g/mol. The number of ether oxygens (including phenoxy) is 6. The maximum Gasteiger partial charge on any atom is 0.340 e. The Bertz CT molecular complexity index is 1970. The lowest BCUT2D eigenvalue weighted by atomic mass is 9.97. The van der Waals surface area contributed by atoms with E-state index < -0.39 is 67.2 Å². The van der Waals surface area contributed by atoms with Gasteiger partial charge in [-0.3, -0.25) is 0 Å². The second kappa shape index (κ2) is 16.9. The quantitative estimate of drug-likeness (QED) is 0.117. The highest BCUT2D eigenvalue weighted by molar-refractivity contribution is 5.92. The van der Waals surface area contributed by atoms with Crippen molar-refractivity contribution >= 4 is 29.8 Å². The van der Waals surface area contributed by atoms with Gasteiger partial charge < -0.3 is 28.4 Å². The van der Waals surface area contributed by atoms with E-state index in [1.54, 1.807) is 103 Å². The van der Waals surface area contributed by atoms with Crippen molar-refractivity contribution in [3.63, 3.8) is 0 Å². The highest BCUT2D eigenvalue weighted by Gasteiger charge is 2.54. The summed E-state index contributed by atoms with van der Waals surface area (Å²) >= 11 is 0. The Morgan fingerprint density at radius 3 is 1.08 bits per heavy atom. The molecule has 0 aliphatic carbocycles. The third-order valence-electron chi connectivity index (χ3n) is 7.97. The lowest BCUT2D eigenvalue weighted by Crippen LogP contribution is -2.63. The summed E-state index contributed by atoms with van der Waals surface area (Å²) in [5.41, 5.74) is 0.762. The molecule has 5 atom stereocenters. The first kappa shape index (κ1) is 35.2. The van der Waals surface area contributed by atoms with Gasteiger partial charge in [0, 0.05) is 0 Å². The Kier molecular flexibility index (Phi) is 11.4. The summed E-state index contributed by atoms with van der Waals surface area (Å²) in [6.45, 7) is -0.557. The maximum atomic E-state index is 13.7. The minimum absolute atomic E-state index is 0.125. The second-order valence-electron chi connectivity index (χ2n) is 11.5. The molecule has 262 valence electrons. The highest BCUT2D eigenvalue weighted by atomic mass is 16.7. The summed E-state index contributed by atoms with van der Waals surface area (Å²) in [7, 11) is 0. The standard InChI is InChI=1S/C41H32O11/c42-36(27-16-6-1-7-17-27)47-26-32-33(49-37(43)28-18-8-2-9-19-28)34(50-38(44)29-20-10-3-11-21-29)35(51-39(45)30-22-12-4-13-23-30)41(48-32)52-40(46)31-24-14-5-15-25-31/h1-25,32-35,41H,26H2/t32-,33+,34-,35-,41-/m0/s1. The normalized spacial score (nSPS) is 19.3. The van der Waals surface area contributed by atoms with E-state index >= 15 is 0 Å². The van der Waals surface area contributed by atoms with Crippen LogP contribution >= 0.6 is 0 Å². The topological polar surface area (TPSA) is 141 Å². The third kappa shape index (κ3) is 8.76. The van der Waals surface area contributed by atoms with Crippen LogP contribution in [0.5, 0.6) is 0 Å². The molecule has 0 bridgehead atoms. The molecule has 1 heterocycles. The van der Waals surface area contributed by atoms with Crippen LogP contribution in [0.15, 0.2) is 152 Å². The van der Waals surface area contributed by atoms with Crippen molar-refractivity contribution in [1.29, 1.82) is 0 Å². The molecule has 0 saturated carbocycles. The van der Waals surface area contributed by atoms with Crippen LogP contribution in [0.25, 0.3) is 0 Å². The summed E-state index contributed by atoms with van der Waals surface area (Å²) in [6, 6.07) is 40.0. The summed E-state index contributed by atoms with van der Waals surface area (Å²) in [5.74, 6) is -4.19. The molecule has 52 heavy (non-hydrogen) atoms. The van der Waals surface area contributed by atoms with Crippen LogP contribution < -0.4 is 0 Å². The molecule has 0 N–H and O–H groups in total. The van der Waals surface area contributed by atoms with Gasteiger partial charge in [-0.25, -0.2) is 24.0 Å². The van der Waals surface area contributed by atoms with Gasteiger partial charge in [0.05, 0.1) is 27.8 Å². The van der Waals surface area contributed by atoms with E-state index in [9.17, 15) is 24.0 Å². The number of benzene rings is 5. The first-order chi connectivity index (χ1) is 25.4. The maximum absolute atomic E-state index is 13.7. The van der Waals surface area contributed by atoms with Gasteiger partial charge in [0.1, 0.15) is 12.7 Å². The van der Waals surface area contributed by atoms with E-state index in [2.05, 4.69) is 0 Å². The number of hydrogen-bond acceptors (Lipinski definition) is 11. The van der Waals surface area contributed by atoms with E-state index in [0.717, 1.165) is 0 Å². The molecule has 0 unspecified atom stereocenters. The average Bonchev–Trinajstić information content (AvgIpc) is 3.20. The largest absolute Gasteiger partial charge is 0.459 e. The van der Waals surface area contributed by atoms with Gasteiger partial charge in [0.2, 0.25) is 12.4 Å². The number of carbonyl (C=O) groups is 5. The molecule has 11 heteroatoms. The molecule has 5 aromatic rings. The fourth-order valence-electron chi connectivity index (χ4n) is 5.37. The van der Waals surface area contributed by atoms with E-state index in [-0.39, 0.29) is 27.8 Å². The smallest absolute Gasteiger partial charge is 0.340 e. The minimum Gasteiger partial charge on any atom is -0.459 e. The van der Waals surface area contributed by atoms with E-state index in [4.69, 9.17) is 28.4 Å². The molecule has 0 radical (unpaired) electrons. The first-order valence-electron chi connectivity index (χ1n) is 16.3. The molecule has 0 aromatic heterocycles. The van der Waals surface area contributed by atoms with Crippen LogP contribution in [0.3, 0.4) is 0 Å². The molecular weight excluding hydrogens is 668 g/mol. The zero-order valence-corrected chi connectivity index (χ0v) is 27.5. The van der Waals surface area contributed by atoms with Crippen molar-refractivity contribution in [2.45, 2.75) is 30.7 Å².